The fourth-order valence-corrected chi connectivity index (χ4v) is 5.94. The van der Waals surface area contributed by atoms with Gasteiger partial charge in [0.2, 0.25) is 11.8 Å². The third-order valence-corrected chi connectivity index (χ3v) is 7.50. The Balaban J connectivity index is 1.28. The van der Waals surface area contributed by atoms with Crippen LogP contribution in [0.15, 0.2) is 91.0 Å². The zero-order valence-electron chi connectivity index (χ0n) is 18.3. The number of hydrogen-bond donors (Lipinski definition) is 0. The number of rotatable bonds is 3. The van der Waals surface area contributed by atoms with E-state index in [4.69, 9.17) is 9.97 Å². The van der Waals surface area contributed by atoms with Gasteiger partial charge in [-0.2, -0.15) is 0 Å². The largest absolute Gasteiger partial charge is 0.274 e. The molecule has 5 nitrogen and oxygen atoms in total. The third-order valence-electron chi connectivity index (χ3n) is 7.50. The summed E-state index contributed by atoms with van der Waals surface area (Å²) in [5.74, 6) is 0.581. The molecule has 3 aliphatic rings. The topological polar surface area (TPSA) is 63.2 Å². The van der Waals surface area contributed by atoms with Gasteiger partial charge in [-0.25, -0.2) is 9.97 Å². The predicted octanol–water partition coefficient (Wildman–Crippen LogP) is 5.28. The lowest BCUT2D eigenvalue weighted by molar-refractivity contribution is -0.123. The molecule has 0 unspecified atom stereocenters. The number of amides is 2. The van der Waals surface area contributed by atoms with Gasteiger partial charge in [-0.15, -0.1) is 0 Å². The summed E-state index contributed by atoms with van der Waals surface area (Å²) < 4.78 is 0. The maximum absolute atomic E-state index is 13.2. The van der Waals surface area contributed by atoms with Crippen molar-refractivity contribution in [2.45, 2.75) is 6.42 Å². The Hall–Kier alpha value is -4.12. The van der Waals surface area contributed by atoms with Crippen LogP contribution in [-0.4, -0.2) is 21.8 Å². The maximum atomic E-state index is 13.2. The van der Waals surface area contributed by atoms with Gasteiger partial charge in [-0.1, -0.05) is 72.8 Å². The van der Waals surface area contributed by atoms with Crippen molar-refractivity contribution in [2.75, 3.05) is 4.90 Å². The number of nitrogens with zero attached hydrogens (tertiary/aromatic N) is 3. The van der Waals surface area contributed by atoms with Gasteiger partial charge in [0.05, 0.1) is 28.7 Å². The second kappa shape index (κ2) is 7.19. The van der Waals surface area contributed by atoms with Crippen LogP contribution in [0.2, 0.25) is 0 Å². The summed E-state index contributed by atoms with van der Waals surface area (Å²) >= 11 is 0. The summed E-state index contributed by atoms with van der Waals surface area (Å²) in [6.07, 6.45) is 5.17. The number of anilines is 1. The minimum atomic E-state index is -0.193. The van der Waals surface area contributed by atoms with Crippen LogP contribution in [0.4, 0.5) is 5.69 Å². The number of benzene rings is 3. The molecule has 1 aromatic heterocycles. The quantitative estimate of drug-likeness (QED) is 0.319. The molecular weight excluding hydrogens is 422 g/mol. The van der Waals surface area contributed by atoms with E-state index in [-0.39, 0.29) is 35.5 Å². The van der Waals surface area contributed by atoms with E-state index in [1.165, 1.54) is 4.90 Å². The van der Waals surface area contributed by atoms with E-state index in [2.05, 4.69) is 12.2 Å². The molecule has 7 rings (SSSR count). The summed E-state index contributed by atoms with van der Waals surface area (Å²) in [7, 11) is 0. The molecule has 2 amide bonds. The Morgan fingerprint density at radius 1 is 0.676 bits per heavy atom. The highest BCUT2D eigenvalue weighted by atomic mass is 16.2. The van der Waals surface area contributed by atoms with Gasteiger partial charge < -0.3 is 0 Å². The molecule has 4 atom stereocenters. The minimum Gasteiger partial charge on any atom is -0.274 e. The summed E-state index contributed by atoms with van der Waals surface area (Å²) in [6, 6.07) is 25.5. The first-order chi connectivity index (χ1) is 16.7. The van der Waals surface area contributed by atoms with E-state index in [9.17, 15) is 9.59 Å². The number of para-hydroxylation sites is 1. The molecule has 2 aliphatic carbocycles. The maximum Gasteiger partial charge on any atom is 0.238 e. The molecule has 2 heterocycles. The molecule has 3 aromatic carbocycles. The molecule has 0 N–H and O–H groups in total. The average Bonchev–Trinajstić information content (AvgIpc) is 3.58. The van der Waals surface area contributed by atoms with Crippen LogP contribution in [0.5, 0.6) is 0 Å². The Labute approximate surface area is 196 Å². The Morgan fingerprint density at radius 3 is 2.03 bits per heavy atom. The highest BCUT2D eigenvalue weighted by molar-refractivity contribution is 6.22. The van der Waals surface area contributed by atoms with E-state index in [0.29, 0.717) is 11.5 Å². The number of carbonyl (C=O) groups is 2. The summed E-state index contributed by atoms with van der Waals surface area (Å²) in [5.41, 5.74) is 4.20. The summed E-state index contributed by atoms with van der Waals surface area (Å²) in [5, 5.41) is 0.959. The van der Waals surface area contributed by atoms with Crippen LogP contribution in [0.1, 0.15) is 6.42 Å². The SMILES string of the molecule is O=C1[C@@H]2[C@H](C(=O)N1c1ccc(-c3nc(-c4ccccc4)nc4ccccc34)cc1)[C@@H]1C=C[C@H]2C1. The van der Waals surface area contributed by atoms with Crippen molar-refractivity contribution in [1.29, 1.82) is 0 Å². The fraction of sp³-hybridized carbons (Fsp3) is 0.172. The molecule has 34 heavy (non-hydrogen) atoms. The van der Waals surface area contributed by atoms with Gasteiger partial charge >= 0.3 is 0 Å². The molecule has 164 valence electrons. The number of hydrogen-bond acceptors (Lipinski definition) is 4. The number of carbonyl (C=O) groups excluding carboxylic acids is 2. The zero-order chi connectivity index (χ0) is 22.8. The first-order valence-corrected chi connectivity index (χ1v) is 11.7. The van der Waals surface area contributed by atoms with E-state index >= 15 is 0 Å². The molecule has 5 heteroatoms. The van der Waals surface area contributed by atoms with Gasteiger partial charge in [-0.05, 0) is 36.5 Å². The fourth-order valence-electron chi connectivity index (χ4n) is 5.94. The molecule has 2 bridgehead atoms. The van der Waals surface area contributed by atoms with Gasteiger partial charge in [0.1, 0.15) is 0 Å². The zero-order valence-corrected chi connectivity index (χ0v) is 18.3. The van der Waals surface area contributed by atoms with Crippen molar-refractivity contribution in [3.05, 3.63) is 91.0 Å². The third kappa shape index (κ3) is 2.73. The first kappa shape index (κ1) is 19.4. The van der Waals surface area contributed by atoms with Crippen molar-refractivity contribution in [3.8, 4) is 22.6 Å². The van der Waals surface area contributed by atoms with Crippen LogP contribution in [-0.2, 0) is 9.59 Å². The van der Waals surface area contributed by atoms with E-state index < -0.39 is 0 Å². The van der Waals surface area contributed by atoms with Crippen LogP contribution in [0.3, 0.4) is 0 Å². The number of fused-ring (bicyclic) bond motifs is 6. The van der Waals surface area contributed by atoms with Gasteiger partial charge in [0, 0.05) is 16.5 Å². The second-order valence-corrected chi connectivity index (χ2v) is 9.34. The lowest BCUT2D eigenvalue weighted by Crippen LogP contribution is -2.32. The average molecular weight is 444 g/mol. The standard InChI is InChI=1S/C29H21N3O2/c33-28-24-19-10-11-20(16-19)25(24)29(34)32(28)21-14-12-17(13-15-21)26-22-8-4-5-9-23(22)30-27(31-26)18-6-2-1-3-7-18/h1-15,19-20,24-25H,16H2/t19-,20+,24-,25+. The molecule has 1 saturated heterocycles. The summed E-state index contributed by atoms with van der Waals surface area (Å²) in [4.78, 5) is 37.4. The van der Waals surface area contributed by atoms with Crippen LogP contribution < -0.4 is 4.90 Å². The van der Waals surface area contributed by atoms with Crippen molar-refractivity contribution in [2.24, 2.45) is 23.7 Å². The lowest BCUT2D eigenvalue weighted by atomic mass is 9.85. The normalized spacial score (nSPS) is 24.9. The highest BCUT2D eigenvalue weighted by Crippen LogP contribution is 2.53. The van der Waals surface area contributed by atoms with E-state index in [1.54, 1.807) is 0 Å². The van der Waals surface area contributed by atoms with Gasteiger partial charge in [0.15, 0.2) is 5.82 Å². The number of allylic oxidation sites excluding steroid dienone is 2. The Kier molecular flexibility index (Phi) is 4.09. The van der Waals surface area contributed by atoms with E-state index in [0.717, 1.165) is 34.1 Å². The summed E-state index contributed by atoms with van der Waals surface area (Å²) in [6.45, 7) is 0. The monoisotopic (exact) mass is 443 g/mol. The molecule has 1 aliphatic heterocycles. The van der Waals surface area contributed by atoms with Crippen LogP contribution in [0.25, 0.3) is 33.5 Å². The van der Waals surface area contributed by atoms with Crippen LogP contribution in [0, 0.1) is 23.7 Å². The molecular formula is C29H21N3O2. The molecule has 0 radical (unpaired) electrons. The smallest absolute Gasteiger partial charge is 0.238 e. The van der Waals surface area contributed by atoms with Gasteiger partial charge in [-0.3, -0.25) is 14.5 Å². The first-order valence-electron chi connectivity index (χ1n) is 11.7. The minimum absolute atomic E-state index is 0.0570. The van der Waals surface area contributed by atoms with Crippen molar-refractivity contribution < 1.29 is 9.59 Å². The van der Waals surface area contributed by atoms with Crippen LogP contribution >= 0.6 is 0 Å². The Bertz CT molecular complexity index is 1460. The second-order valence-electron chi connectivity index (χ2n) is 9.34. The molecule has 2 fully saturated rings. The van der Waals surface area contributed by atoms with Crippen molar-refractivity contribution in [3.63, 3.8) is 0 Å². The Morgan fingerprint density at radius 2 is 1.32 bits per heavy atom. The van der Waals surface area contributed by atoms with Gasteiger partial charge in [0.25, 0.3) is 0 Å². The van der Waals surface area contributed by atoms with Crippen molar-refractivity contribution >= 4 is 28.4 Å². The lowest BCUT2D eigenvalue weighted by Gasteiger charge is -2.18. The molecule has 4 aromatic rings. The predicted molar refractivity (Wildman–Crippen MR) is 131 cm³/mol. The highest BCUT2D eigenvalue weighted by Gasteiger charge is 2.59. The number of aromatic nitrogens is 2. The van der Waals surface area contributed by atoms with Crippen molar-refractivity contribution in [1.82, 2.24) is 9.97 Å². The molecule has 1 saturated carbocycles. The number of imide groups is 1. The molecule has 0 spiro atoms. The van der Waals surface area contributed by atoms with E-state index in [1.807, 2.05) is 78.9 Å².